The standard InChI is InChI=1S/C14H18N6O/c1-19(2)11(12-5-4-6-21-12)8-15-13-10-7-18-20(3)14(10)17-9-16-13/h4-7,9,11H,8H2,1-3H3,(H,15,16,17)/t11-/m1/s1. The molecule has 1 atom stereocenters. The summed E-state index contributed by atoms with van der Waals surface area (Å²) in [5, 5.41) is 8.49. The normalized spacial score (nSPS) is 13.0. The maximum Gasteiger partial charge on any atom is 0.163 e. The molecule has 0 aliphatic heterocycles. The number of fused-ring (bicyclic) bond motifs is 1. The molecular formula is C14H18N6O. The Balaban J connectivity index is 1.82. The van der Waals surface area contributed by atoms with Gasteiger partial charge in [-0.05, 0) is 26.2 Å². The molecule has 3 aromatic heterocycles. The summed E-state index contributed by atoms with van der Waals surface area (Å²) in [5.74, 6) is 1.70. The Labute approximate surface area is 122 Å². The van der Waals surface area contributed by atoms with Crippen molar-refractivity contribution in [2.24, 2.45) is 7.05 Å². The second-order valence-electron chi connectivity index (χ2n) is 5.10. The minimum atomic E-state index is 0.127. The van der Waals surface area contributed by atoms with Crippen LogP contribution in [0.15, 0.2) is 35.3 Å². The summed E-state index contributed by atoms with van der Waals surface area (Å²) in [6.45, 7) is 0.682. The summed E-state index contributed by atoms with van der Waals surface area (Å²) < 4.78 is 7.24. The van der Waals surface area contributed by atoms with Gasteiger partial charge in [0.1, 0.15) is 17.9 Å². The molecule has 0 aliphatic carbocycles. The fourth-order valence-electron chi connectivity index (χ4n) is 2.31. The van der Waals surface area contributed by atoms with Crippen molar-refractivity contribution in [1.29, 1.82) is 0 Å². The molecule has 1 N–H and O–H groups in total. The summed E-state index contributed by atoms with van der Waals surface area (Å²) in [6.07, 6.45) is 5.01. The minimum absolute atomic E-state index is 0.127. The van der Waals surface area contributed by atoms with Crippen LogP contribution in [-0.2, 0) is 7.05 Å². The number of rotatable bonds is 5. The lowest BCUT2D eigenvalue weighted by molar-refractivity contribution is 0.269. The molecule has 7 nitrogen and oxygen atoms in total. The highest BCUT2D eigenvalue weighted by Crippen LogP contribution is 2.22. The van der Waals surface area contributed by atoms with E-state index in [0.29, 0.717) is 6.54 Å². The number of hydrogen-bond donors (Lipinski definition) is 1. The molecule has 110 valence electrons. The maximum absolute atomic E-state index is 5.51. The summed E-state index contributed by atoms with van der Waals surface area (Å²) in [5.41, 5.74) is 0.812. The fraction of sp³-hybridized carbons (Fsp3) is 0.357. The van der Waals surface area contributed by atoms with E-state index >= 15 is 0 Å². The van der Waals surface area contributed by atoms with E-state index < -0.39 is 0 Å². The Morgan fingerprint density at radius 2 is 2.24 bits per heavy atom. The van der Waals surface area contributed by atoms with Gasteiger partial charge in [-0.1, -0.05) is 0 Å². The van der Waals surface area contributed by atoms with Crippen molar-refractivity contribution in [2.45, 2.75) is 6.04 Å². The van der Waals surface area contributed by atoms with Gasteiger partial charge in [0.25, 0.3) is 0 Å². The molecule has 0 bridgehead atoms. The second-order valence-corrected chi connectivity index (χ2v) is 5.10. The Kier molecular flexibility index (Phi) is 3.57. The lowest BCUT2D eigenvalue weighted by Crippen LogP contribution is -2.26. The topological polar surface area (TPSA) is 72.0 Å². The number of aromatic nitrogens is 4. The van der Waals surface area contributed by atoms with Crippen molar-refractivity contribution in [3.05, 3.63) is 36.7 Å². The van der Waals surface area contributed by atoms with E-state index in [1.54, 1.807) is 23.5 Å². The Morgan fingerprint density at radius 1 is 1.38 bits per heavy atom. The van der Waals surface area contributed by atoms with E-state index in [9.17, 15) is 0 Å². The number of aryl methyl sites for hydroxylation is 1. The first kappa shape index (κ1) is 13.6. The first-order chi connectivity index (χ1) is 10.2. The van der Waals surface area contributed by atoms with Crippen LogP contribution < -0.4 is 5.32 Å². The van der Waals surface area contributed by atoms with Gasteiger partial charge in [0.05, 0.1) is 23.9 Å². The lowest BCUT2D eigenvalue weighted by Gasteiger charge is -2.22. The maximum atomic E-state index is 5.51. The summed E-state index contributed by atoms with van der Waals surface area (Å²) >= 11 is 0. The molecule has 0 aliphatic rings. The molecule has 0 radical (unpaired) electrons. The summed E-state index contributed by atoms with van der Waals surface area (Å²) in [4.78, 5) is 10.6. The van der Waals surface area contributed by atoms with Crippen molar-refractivity contribution in [3.8, 4) is 0 Å². The zero-order chi connectivity index (χ0) is 14.8. The zero-order valence-electron chi connectivity index (χ0n) is 12.3. The van der Waals surface area contributed by atoms with Crippen LogP contribution in [0.4, 0.5) is 5.82 Å². The van der Waals surface area contributed by atoms with E-state index in [1.807, 2.05) is 33.3 Å². The van der Waals surface area contributed by atoms with Gasteiger partial charge in [0.15, 0.2) is 5.65 Å². The Hall–Kier alpha value is -2.41. The van der Waals surface area contributed by atoms with Crippen LogP contribution in [0.5, 0.6) is 0 Å². The minimum Gasteiger partial charge on any atom is -0.468 e. The second kappa shape index (κ2) is 5.53. The fourth-order valence-corrected chi connectivity index (χ4v) is 2.31. The van der Waals surface area contributed by atoms with Gasteiger partial charge >= 0.3 is 0 Å². The highest BCUT2D eigenvalue weighted by Gasteiger charge is 2.17. The first-order valence-corrected chi connectivity index (χ1v) is 6.73. The molecule has 21 heavy (non-hydrogen) atoms. The van der Waals surface area contributed by atoms with Crippen LogP contribution in [0.2, 0.25) is 0 Å². The van der Waals surface area contributed by atoms with Crippen LogP contribution in [0.25, 0.3) is 11.0 Å². The number of anilines is 1. The largest absolute Gasteiger partial charge is 0.468 e. The van der Waals surface area contributed by atoms with Crippen LogP contribution in [-0.4, -0.2) is 45.3 Å². The van der Waals surface area contributed by atoms with E-state index in [0.717, 1.165) is 22.6 Å². The molecule has 0 aromatic carbocycles. The number of hydrogen-bond acceptors (Lipinski definition) is 6. The zero-order valence-corrected chi connectivity index (χ0v) is 12.3. The molecular weight excluding hydrogens is 268 g/mol. The third kappa shape index (κ3) is 2.59. The van der Waals surface area contributed by atoms with Crippen molar-refractivity contribution in [1.82, 2.24) is 24.6 Å². The van der Waals surface area contributed by atoms with Crippen LogP contribution >= 0.6 is 0 Å². The molecule has 3 rings (SSSR count). The SMILES string of the molecule is CN(C)[C@H](CNc1ncnc2c1cnn2C)c1ccco1. The van der Waals surface area contributed by atoms with Gasteiger partial charge < -0.3 is 9.73 Å². The van der Waals surface area contributed by atoms with Crippen LogP contribution in [0.3, 0.4) is 0 Å². The number of nitrogens with one attached hydrogen (secondary N) is 1. The highest BCUT2D eigenvalue weighted by atomic mass is 16.3. The van der Waals surface area contributed by atoms with Crippen LogP contribution in [0.1, 0.15) is 11.8 Å². The average Bonchev–Trinajstić information content (AvgIpc) is 3.10. The average molecular weight is 286 g/mol. The van der Waals surface area contributed by atoms with Gasteiger partial charge in [0.2, 0.25) is 0 Å². The first-order valence-electron chi connectivity index (χ1n) is 6.73. The summed E-state index contributed by atoms with van der Waals surface area (Å²) in [7, 11) is 5.91. The smallest absolute Gasteiger partial charge is 0.163 e. The monoisotopic (exact) mass is 286 g/mol. The lowest BCUT2D eigenvalue weighted by atomic mass is 10.2. The quantitative estimate of drug-likeness (QED) is 0.769. The molecule has 0 saturated carbocycles. The molecule has 0 fully saturated rings. The van der Waals surface area contributed by atoms with Crippen molar-refractivity contribution < 1.29 is 4.42 Å². The Morgan fingerprint density at radius 3 is 2.95 bits per heavy atom. The molecule has 0 saturated heterocycles. The predicted molar refractivity (Wildman–Crippen MR) is 79.9 cm³/mol. The van der Waals surface area contributed by atoms with Gasteiger partial charge in [-0.15, -0.1) is 0 Å². The van der Waals surface area contributed by atoms with Crippen LogP contribution in [0, 0.1) is 0 Å². The van der Waals surface area contributed by atoms with E-state index in [-0.39, 0.29) is 6.04 Å². The predicted octanol–water partition coefficient (Wildman–Crippen LogP) is 1.67. The van der Waals surface area contributed by atoms with Crippen molar-refractivity contribution in [2.75, 3.05) is 26.0 Å². The number of likely N-dealkylation sites (N-methyl/N-ethyl adjacent to an activating group) is 1. The highest BCUT2D eigenvalue weighted by molar-refractivity contribution is 5.85. The molecule has 3 aromatic rings. The van der Waals surface area contributed by atoms with Gasteiger partial charge in [0, 0.05) is 13.6 Å². The van der Waals surface area contributed by atoms with E-state index in [2.05, 4.69) is 25.3 Å². The Bertz CT molecular complexity index is 718. The number of nitrogens with zero attached hydrogens (tertiary/aromatic N) is 5. The summed E-state index contributed by atoms with van der Waals surface area (Å²) in [6, 6.07) is 4.00. The van der Waals surface area contributed by atoms with Crippen molar-refractivity contribution >= 4 is 16.9 Å². The van der Waals surface area contributed by atoms with Gasteiger partial charge in [-0.3, -0.25) is 9.58 Å². The third-order valence-electron chi connectivity index (χ3n) is 3.49. The molecule has 0 unspecified atom stereocenters. The van der Waals surface area contributed by atoms with E-state index in [1.165, 1.54) is 0 Å². The molecule has 0 spiro atoms. The molecule has 7 heteroatoms. The van der Waals surface area contributed by atoms with Crippen molar-refractivity contribution in [3.63, 3.8) is 0 Å². The van der Waals surface area contributed by atoms with Gasteiger partial charge in [-0.2, -0.15) is 5.10 Å². The molecule has 3 heterocycles. The molecule has 0 amide bonds. The van der Waals surface area contributed by atoms with Gasteiger partial charge in [-0.25, -0.2) is 9.97 Å². The number of furan rings is 1. The third-order valence-corrected chi connectivity index (χ3v) is 3.49. The van der Waals surface area contributed by atoms with E-state index in [4.69, 9.17) is 4.42 Å².